The van der Waals surface area contributed by atoms with Gasteiger partial charge in [-0.15, -0.1) is 0 Å². The number of ether oxygens (including phenoxy) is 1. The smallest absolute Gasteiger partial charge is 0.276 e. The number of fused-ring (bicyclic) bond motifs is 1. The molecule has 1 fully saturated rings. The standard InChI is InChI=1S/C26H26N4O4/c1-29-11-9-23(28-29)25(31)27-22-7-3-2-6-21(22)26(32)30-12-14-33-17-18(16-30)15-19-5-4-8-24-20(19)10-13-34-24/h2-11,13,18H,12,14-17H2,1H3,(H,27,31). The Labute approximate surface area is 197 Å². The van der Waals surface area contributed by atoms with E-state index in [0.717, 1.165) is 17.4 Å². The van der Waals surface area contributed by atoms with Crippen LogP contribution in [0.5, 0.6) is 0 Å². The van der Waals surface area contributed by atoms with Crippen molar-refractivity contribution in [1.29, 1.82) is 0 Å². The van der Waals surface area contributed by atoms with Crippen molar-refractivity contribution in [2.45, 2.75) is 6.42 Å². The number of hydrogen-bond acceptors (Lipinski definition) is 5. The molecule has 1 saturated heterocycles. The molecule has 1 aliphatic rings. The van der Waals surface area contributed by atoms with Crippen LogP contribution in [-0.2, 0) is 18.2 Å². The first-order chi connectivity index (χ1) is 16.6. The van der Waals surface area contributed by atoms with Crippen LogP contribution in [0.15, 0.2) is 71.5 Å². The van der Waals surface area contributed by atoms with Crippen LogP contribution in [0.25, 0.3) is 11.0 Å². The Morgan fingerprint density at radius 1 is 1.12 bits per heavy atom. The van der Waals surface area contributed by atoms with Crippen molar-refractivity contribution in [2.75, 3.05) is 31.6 Å². The maximum Gasteiger partial charge on any atom is 0.276 e. The Bertz CT molecular complexity index is 1330. The number of hydrogen-bond donors (Lipinski definition) is 1. The van der Waals surface area contributed by atoms with Crippen molar-refractivity contribution < 1.29 is 18.7 Å². The normalized spacial score (nSPS) is 16.4. The second-order valence-electron chi connectivity index (χ2n) is 8.52. The van der Waals surface area contributed by atoms with E-state index in [0.29, 0.717) is 43.2 Å². The predicted molar refractivity (Wildman–Crippen MR) is 128 cm³/mol. The van der Waals surface area contributed by atoms with Gasteiger partial charge in [-0.05, 0) is 42.3 Å². The Kier molecular flexibility index (Phi) is 6.14. The lowest BCUT2D eigenvalue weighted by molar-refractivity contribution is 0.0738. The van der Waals surface area contributed by atoms with Crippen LogP contribution in [0.4, 0.5) is 5.69 Å². The summed E-state index contributed by atoms with van der Waals surface area (Å²) < 4.78 is 12.9. The Balaban J connectivity index is 1.33. The zero-order chi connectivity index (χ0) is 23.5. The van der Waals surface area contributed by atoms with E-state index in [4.69, 9.17) is 9.15 Å². The van der Waals surface area contributed by atoms with Gasteiger partial charge in [-0.25, -0.2) is 0 Å². The van der Waals surface area contributed by atoms with Crippen LogP contribution in [0.1, 0.15) is 26.4 Å². The molecule has 2 aromatic heterocycles. The number of rotatable bonds is 5. The maximum absolute atomic E-state index is 13.5. The van der Waals surface area contributed by atoms with Gasteiger partial charge < -0.3 is 19.4 Å². The number of nitrogens with one attached hydrogen (secondary N) is 1. The van der Waals surface area contributed by atoms with E-state index in [1.807, 2.05) is 23.1 Å². The van der Waals surface area contributed by atoms with Crippen LogP contribution >= 0.6 is 0 Å². The highest BCUT2D eigenvalue weighted by Gasteiger charge is 2.26. The van der Waals surface area contributed by atoms with Crippen LogP contribution < -0.4 is 5.32 Å². The summed E-state index contributed by atoms with van der Waals surface area (Å²) in [6.45, 7) is 2.11. The monoisotopic (exact) mass is 458 g/mol. The molecule has 34 heavy (non-hydrogen) atoms. The number of amides is 2. The third-order valence-electron chi connectivity index (χ3n) is 6.07. The van der Waals surface area contributed by atoms with Gasteiger partial charge in [0.05, 0.1) is 30.7 Å². The van der Waals surface area contributed by atoms with Gasteiger partial charge in [0.1, 0.15) is 5.58 Å². The number of benzene rings is 2. The molecule has 1 N–H and O–H groups in total. The highest BCUT2D eigenvalue weighted by atomic mass is 16.5. The minimum Gasteiger partial charge on any atom is -0.464 e. The molecule has 0 saturated carbocycles. The first-order valence-corrected chi connectivity index (χ1v) is 11.3. The molecular formula is C26H26N4O4. The van der Waals surface area contributed by atoms with Crippen LogP contribution in [0.2, 0.25) is 0 Å². The second-order valence-corrected chi connectivity index (χ2v) is 8.52. The molecule has 8 nitrogen and oxygen atoms in total. The number of para-hydroxylation sites is 1. The summed E-state index contributed by atoms with van der Waals surface area (Å²) >= 11 is 0. The zero-order valence-corrected chi connectivity index (χ0v) is 18.9. The molecule has 5 rings (SSSR count). The molecule has 0 bridgehead atoms. The fourth-order valence-corrected chi connectivity index (χ4v) is 4.41. The minimum absolute atomic E-state index is 0.131. The van der Waals surface area contributed by atoms with Gasteiger partial charge in [-0.2, -0.15) is 5.10 Å². The lowest BCUT2D eigenvalue weighted by atomic mass is 9.97. The van der Waals surface area contributed by atoms with Gasteiger partial charge in [0, 0.05) is 37.6 Å². The fourth-order valence-electron chi connectivity index (χ4n) is 4.41. The first kappa shape index (κ1) is 21.9. The number of carbonyl (C=O) groups is 2. The van der Waals surface area contributed by atoms with E-state index in [-0.39, 0.29) is 17.7 Å². The topological polar surface area (TPSA) is 89.6 Å². The van der Waals surface area contributed by atoms with Gasteiger partial charge >= 0.3 is 0 Å². The van der Waals surface area contributed by atoms with E-state index in [9.17, 15) is 9.59 Å². The highest BCUT2D eigenvalue weighted by molar-refractivity contribution is 6.08. The van der Waals surface area contributed by atoms with Crippen molar-refractivity contribution >= 4 is 28.5 Å². The lowest BCUT2D eigenvalue weighted by Crippen LogP contribution is -2.37. The number of carbonyl (C=O) groups excluding carboxylic acids is 2. The van der Waals surface area contributed by atoms with Crippen molar-refractivity contribution in [1.82, 2.24) is 14.7 Å². The molecule has 4 aromatic rings. The Morgan fingerprint density at radius 3 is 2.85 bits per heavy atom. The maximum atomic E-state index is 13.5. The average Bonchev–Trinajstić information content (AvgIpc) is 3.44. The van der Waals surface area contributed by atoms with Crippen LogP contribution in [0.3, 0.4) is 0 Å². The third-order valence-corrected chi connectivity index (χ3v) is 6.07. The van der Waals surface area contributed by atoms with Crippen LogP contribution in [-0.4, -0.2) is 52.8 Å². The summed E-state index contributed by atoms with van der Waals surface area (Å²) in [5.41, 5.74) is 3.24. The summed E-state index contributed by atoms with van der Waals surface area (Å²) in [6, 6.07) is 16.7. The zero-order valence-electron chi connectivity index (χ0n) is 18.9. The summed E-state index contributed by atoms with van der Waals surface area (Å²) in [4.78, 5) is 28.0. The third kappa shape index (κ3) is 4.58. The van der Waals surface area contributed by atoms with Crippen molar-refractivity contribution in [2.24, 2.45) is 13.0 Å². The van der Waals surface area contributed by atoms with E-state index in [2.05, 4.69) is 16.5 Å². The first-order valence-electron chi connectivity index (χ1n) is 11.3. The van der Waals surface area contributed by atoms with Gasteiger partial charge in [0.2, 0.25) is 0 Å². The molecule has 1 atom stereocenters. The SMILES string of the molecule is Cn1ccc(C(=O)Nc2ccccc2C(=O)N2CCOCC(Cc3cccc4occc34)C2)n1. The summed E-state index contributed by atoms with van der Waals surface area (Å²) in [5.74, 6) is -0.345. The molecule has 0 aliphatic carbocycles. The lowest BCUT2D eigenvalue weighted by Gasteiger charge is -2.25. The predicted octanol–water partition coefficient (Wildman–Crippen LogP) is 3.75. The number of nitrogens with zero attached hydrogens (tertiary/aromatic N) is 3. The molecule has 8 heteroatoms. The molecule has 1 unspecified atom stereocenters. The summed E-state index contributed by atoms with van der Waals surface area (Å²) in [7, 11) is 1.75. The Morgan fingerprint density at radius 2 is 2.00 bits per heavy atom. The van der Waals surface area contributed by atoms with Gasteiger partial charge in [-0.3, -0.25) is 14.3 Å². The largest absolute Gasteiger partial charge is 0.464 e. The second kappa shape index (κ2) is 9.52. The number of aryl methyl sites for hydroxylation is 1. The molecule has 2 amide bonds. The van der Waals surface area contributed by atoms with Gasteiger partial charge in [0.15, 0.2) is 5.69 Å². The number of aromatic nitrogens is 2. The molecule has 1 aliphatic heterocycles. The van der Waals surface area contributed by atoms with Gasteiger partial charge in [-0.1, -0.05) is 24.3 Å². The van der Waals surface area contributed by atoms with Crippen molar-refractivity contribution in [3.05, 3.63) is 83.9 Å². The van der Waals surface area contributed by atoms with Crippen molar-refractivity contribution in [3.63, 3.8) is 0 Å². The quantitative estimate of drug-likeness (QED) is 0.492. The van der Waals surface area contributed by atoms with E-state index < -0.39 is 0 Å². The van der Waals surface area contributed by atoms with E-state index >= 15 is 0 Å². The van der Waals surface area contributed by atoms with E-state index in [1.54, 1.807) is 54.5 Å². The van der Waals surface area contributed by atoms with E-state index in [1.165, 1.54) is 5.56 Å². The van der Waals surface area contributed by atoms with Crippen molar-refractivity contribution in [3.8, 4) is 0 Å². The minimum atomic E-state index is -0.355. The van der Waals surface area contributed by atoms with Gasteiger partial charge in [0.25, 0.3) is 11.8 Å². The molecule has 2 aromatic carbocycles. The molecule has 174 valence electrons. The Hall–Kier alpha value is -3.91. The number of furan rings is 1. The average molecular weight is 459 g/mol. The summed E-state index contributed by atoms with van der Waals surface area (Å²) in [6.07, 6.45) is 4.18. The molecule has 0 spiro atoms. The highest BCUT2D eigenvalue weighted by Crippen LogP contribution is 2.25. The van der Waals surface area contributed by atoms with Crippen LogP contribution in [0, 0.1) is 5.92 Å². The molecule has 3 heterocycles. The summed E-state index contributed by atoms with van der Waals surface area (Å²) in [5, 5.41) is 8.07. The molecular weight excluding hydrogens is 432 g/mol. The molecule has 0 radical (unpaired) electrons. The number of anilines is 1. The fraction of sp³-hybridized carbons (Fsp3) is 0.269.